The van der Waals surface area contributed by atoms with Crippen LogP contribution in [0.15, 0.2) is 30.5 Å². The number of carboxylic acids is 1. The Morgan fingerprint density at radius 3 is 2.15 bits per heavy atom. The second kappa shape index (κ2) is 14.3. The number of nitrogens with one attached hydrogen (secondary N) is 4. The van der Waals surface area contributed by atoms with Crippen molar-refractivity contribution in [2.45, 2.75) is 77.5 Å². The first-order chi connectivity index (χ1) is 18.3. The Balaban J connectivity index is 2.15. The first kappa shape index (κ1) is 31.3. The molecule has 2 aromatic rings. The topological polar surface area (TPSA) is 209 Å². The monoisotopic (exact) mass is 544 g/mol. The number of primary amides is 1. The number of para-hydroxylation sites is 1. The molecule has 4 amide bonds. The predicted molar refractivity (Wildman–Crippen MR) is 146 cm³/mol. The second-order valence-electron chi connectivity index (χ2n) is 10.3. The van der Waals surface area contributed by atoms with Crippen LogP contribution in [0.5, 0.6) is 0 Å². The van der Waals surface area contributed by atoms with Crippen molar-refractivity contribution in [1.29, 1.82) is 0 Å². The number of aliphatic carboxylic acids is 1. The highest BCUT2D eigenvalue weighted by Crippen LogP contribution is 2.19. The van der Waals surface area contributed by atoms with Crippen LogP contribution in [0.1, 0.15) is 52.5 Å². The van der Waals surface area contributed by atoms with E-state index in [2.05, 4.69) is 20.9 Å². The normalized spacial score (nSPS) is 15.1. The van der Waals surface area contributed by atoms with E-state index in [9.17, 15) is 29.1 Å². The van der Waals surface area contributed by atoms with Crippen LogP contribution in [-0.2, 0) is 30.4 Å². The van der Waals surface area contributed by atoms with Crippen LogP contribution in [-0.4, -0.2) is 63.9 Å². The van der Waals surface area contributed by atoms with Gasteiger partial charge in [-0.15, -0.1) is 0 Å². The zero-order valence-corrected chi connectivity index (χ0v) is 22.8. The first-order valence-corrected chi connectivity index (χ1v) is 13.1. The van der Waals surface area contributed by atoms with E-state index >= 15 is 0 Å². The van der Waals surface area contributed by atoms with Gasteiger partial charge in [0.1, 0.15) is 18.1 Å². The minimum Gasteiger partial charge on any atom is -0.480 e. The zero-order valence-electron chi connectivity index (χ0n) is 22.8. The van der Waals surface area contributed by atoms with Crippen molar-refractivity contribution >= 4 is 40.5 Å². The molecule has 0 radical (unpaired) electrons. The molecule has 0 aliphatic heterocycles. The number of carbonyl (C=O) groups excluding carboxylic acids is 4. The minimum atomic E-state index is -1.38. The van der Waals surface area contributed by atoms with Gasteiger partial charge in [-0.1, -0.05) is 52.3 Å². The molecule has 0 saturated carbocycles. The standard InChI is InChI=1S/C27H40N6O6/c1-5-15(4)23(27(38)39)33-26(37)20(10-14(2)3)32-25(36)21(12-22(29)34)31-24(35)18(28)11-16-13-30-19-9-7-6-8-17(16)19/h6-9,13-15,18,20-21,23,30H,5,10-12,28H2,1-4H3,(H2,29,34)(H,31,35)(H,32,36)(H,33,37)(H,38,39). The van der Waals surface area contributed by atoms with Crippen LogP contribution in [0.3, 0.4) is 0 Å². The number of aromatic amines is 1. The van der Waals surface area contributed by atoms with E-state index in [-0.39, 0.29) is 24.7 Å². The number of amides is 4. The summed E-state index contributed by atoms with van der Waals surface area (Å²) in [6.45, 7) is 7.18. The number of carboxylic acid groups (broad SMARTS) is 1. The number of H-pyrrole nitrogens is 1. The molecule has 0 bridgehead atoms. The number of carbonyl (C=O) groups is 5. The quantitative estimate of drug-likeness (QED) is 0.169. The van der Waals surface area contributed by atoms with Crippen molar-refractivity contribution in [3.8, 4) is 0 Å². The summed E-state index contributed by atoms with van der Waals surface area (Å²) in [6, 6.07) is 2.87. The first-order valence-electron chi connectivity index (χ1n) is 13.1. The lowest BCUT2D eigenvalue weighted by molar-refractivity contribution is -0.144. The van der Waals surface area contributed by atoms with Gasteiger partial charge in [0.2, 0.25) is 23.6 Å². The molecule has 2 rings (SSSR count). The summed E-state index contributed by atoms with van der Waals surface area (Å²) in [5.41, 5.74) is 13.1. The molecular weight excluding hydrogens is 504 g/mol. The lowest BCUT2D eigenvalue weighted by Gasteiger charge is -2.27. The van der Waals surface area contributed by atoms with Gasteiger partial charge in [0, 0.05) is 17.1 Å². The summed E-state index contributed by atoms with van der Waals surface area (Å²) in [4.78, 5) is 65.6. The van der Waals surface area contributed by atoms with Crippen molar-refractivity contribution in [3.63, 3.8) is 0 Å². The summed E-state index contributed by atoms with van der Waals surface area (Å²) >= 11 is 0. The van der Waals surface area contributed by atoms with Crippen LogP contribution in [0.4, 0.5) is 0 Å². The molecule has 12 heteroatoms. The summed E-state index contributed by atoms with van der Waals surface area (Å²) in [7, 11) is 0. The Kier molecular flexibility index (Phi) is 11.5. The van der Waals surface area contributed by atoms with Crippen molar-refractivity contribution in [3.05, 3.63) is 36.0 Å². The van der Waals surface area contributed by atoms with Crippen LogP contribution >= 0.6 is 0 Å². The van der Waals surface area contributed by atoms with E-state index in [4.69, 9.17) is 11.5 Å². The molecule has 0 saturated heterocycles. The van der Waals surface area contributed by atoms with Crippen molar-refractivity contribution in [2.24, 2.45) is 23.3 Å². The van der Waals surface area contributed by atoms with E-state index in [1.54, 1.807) is 20.0 Å². The Morgan fingerprint density at radius 1 is 0.949 bits per heavy atom. The third kappa shape index (κ3) is 9.10. The number of hydrogen-bond acceptors (Lipinski definition) is 6. The number of rotatable bonds is 15. The Labute approximate surface area is 227 Å². The molecule has 1 aromatic carbocycles. The molecular formula is C27H40N6O6. The maximum atomic E-state index is 13.2. The van der Waals surface area contributed by atoms with Crippen molar-refractivity contribution < 1.29 is 29.1 Å². The maximum absolute atomic E-state index is 13.2. The number of nitrogens with two attached hydrogens (primary N) is 2. The molecule has 214 valence electrons. The fraction of sp³-hybridized carbons (Fsp3) is 0.519. The van der Waals surface area contributed by atoms with E-state index in [0.29, 0.717) is 6.42 Å². The Bertz CT molecular complexity index is 1180. The summed E-state index contributed by atoms with van der Waals surface area (Å²) < 4.78 is 0. The van der Waals surface area contributed by atoms with Gasteiger partial charge < -0.3 is 37.5 Å². The molecule has 5 atom stereocenters. The maximum Gasteiger partial charge on any atom is 0.326 e. The molecule has 1 aromatic heterocycles. The summed E-state index contributed by atoms with van der Waals surface area (Å²) in [5, 5.41) is 18.0. The van der Waals surface area contributed by atoms with E-state index < -0.39 is 60.2 Å². The molecule has 5 unspecified atom stereocenters. The van der Waals surface area contributed by atoms with Crippen LogP contribution < -0.4 is 27.4 Å². The molecule has 12 nitrogen and oxygen atoms in total. The minimum absolute atomic E-state index is 0.0401. The number of hydrogen-bond donors (Lipinski definition) is 7. The van der Waals surface area contributed by atoms with Crippen LogP contribution in [0.2, 0.25) is 0 Å². The van der Waals surface area contributed by atoms with Gasteiger partial charge >= 0.3 is 5.97 Å². The van der Waals surface area contributed by atoms with Gasteiger partial charge in [-0.3, -0.25) is 19.2 Å². The highest BCUT2D eigenvalue weighted by Gasteiger charge is 2.33. The smallest absolute Gasteiger partial charge is 0.326 e. The second-order valence-corrected chi connectivity index (χ2v) is 10.3. The largest absolute Gasteiger partial charge is 0.480 e. The third-order valence-corrected chi connectivity index (χ3v) is 6.61. The number of benzene rings is 1. The number of fused-ring (bicyclic) bond motifs is 1. The van der Waals surface area contributed by atoms with Gasteiger partial charge in [0.15, 0.2) is 0 Å². The summed E-state index contributed by atoms with van der Waals surface area (Å²) in [6.07, 6.45) is 2.12. The highest BCUT2D eigenvalue weighted by atomic mass is 16.4. The van der Waals surface area contributed by atoms with Gasteiger partial charge in [-0.25, -0.2) is 4.79 Å². The Morgan fingerprint density at radius 2 is 1.56 bits per heavy atom. The van der Waals surface area contributed by atoms with E-state index in [0.717, 1.165) is 16.5 Å². The molecule has 0 aliphatic carbocycles. The third-order valence-electron chi connectivity index (χ3n) is 6.61. The van der Waals surface area contributed by atoms with E-state index in [1.165, 1.54) is 0 Å². The van der Waals surface area contributed by atoms with Gasteiger partial charge in [-0.05, 0) is 36.3 Å². The number of aromatic nitrogens is 1. The van der Waals surface area contributed by atoms with Crippen molar-refractivity contribution in [1.82, 2.24) is 20.9 Å². The highest BCUT2D eigenvalue weighted by molar-refractivity contribution is 5.96. The molecule has 0 fully saturated rings. The van der Waals surface area contributed by atoms with Gasteiger partial charge in [0.25, 0.3) is 0 Å². The van der Waals surface area contributed by atoms with Gasteiger partial charge in [0.05, 0.1) is 12.5 Å². The molecule has 0 aliphatic rings. The molecule has 9 N–H and O–H groups in total. The average molecular weight is 545 g/mol. The fourth-order valence-electron chi connectivity index (χ4n) is 4.23. The summed E-state index contributed by atoms with van der Waals surface area (Å²) in [5.74, 6) is -4.57. The van der Waals surface area contributed by atoms with Crippen molar-refractivity contribution in [2.75, 3.05) is 0 Å². The SMILES string of the molecule is CCC(C)C(NC(=O)C(CC(C)C)NC(=O)C(CC(N)=O)NC(=O)C(N)Cc1c[nH]c2ccccc12)C(=O)O. The molecule has 1 heterocycles. The van der Waals surface area contributed by atoms with Gasteiger partial charge in [-0.2, -0.15) is 0 Å². The molecule has 39 heavy (non-hydrogen) atoms. The lowest BCUT2D eigenvalue weighted by atomic mass is 9.97. The van der Waals surface area contributed by atoms with Crippen LogP contribution in [0.25, 0.3) is 10.9 Å². The average Bonchev–Trinajstić information content (AvgIpc) is 3.27. The Hall–Kier alpha value is -3.93. The van der Waals surface area contributed by atoms with E-state index in [1.807, 2.05) is 38.1 Å². The predicted octanol–water partition coefficient (Wildman–Crippen LogP) is 0.544. The molecule has 0 spiro atoms. The fourth-order valence-corrected chi connectivity index (χ4v) is 4.23. The lowest BCUT2D eigenvalue weighted by Crippen LogP contribution is -2.58. The van der Waals surface area contributed by atoms with Crippen LogP contribution in [0, 0.1) is 11.8 Å². The zero-order chi connectivity index (χ0) is 29.3.